The van der Waals surface area contributed by atoms with Crippen LogP contribution >= 0.6 is 11.8 Å². The number of ether oxygens (including phenoxy) is 2. The number of thioether (sulfide) groups is 1. The van der Waals surface area contributed by atoms with Gasteiger partial charge in [-0.15, -0.1) is 11.8 Å². The van der Waals surface area contributed by atoms with Crippen molar-refractivity contribution in [2.75, 3.05) is 39.2 Å². The lowest BCUT2D eigenvalue weighted by molar-refractivity contribution is -0.124. The topological polar surface area (TPSA) is 93.7 Å². The van der Waals surface area contributed by atoms with Gasteiger partial charge in [0.15, 0.2) is 6.61 Å². The van der Waals surface area contributed by atoms with Gasteiger partial charge in [0.25, 0.3) is 5.91 Å². The number of hydrogen-bond acceptors (Lipinski definition) is 6. The van der Waals surface area contributed by atoms with Gasteiger partial charge >= 0.3 is 5.97 Å². The Morgan fingerprint density at radius 2 is 1.78 bits per heavy atom. The van der Waals surface area contributed by atoms with Crippen molar-refractivity contribution in [1.29, 1.82) is 0 Å². The summed E-state index contributed by atoms with van der Waals surface area (Å²) in [5.74, 6) is -0.873. The highest BCUT2D eigenvalue weighted by molar-refractivity contribution is 8.00. The van der Waals surface area contributed by atoms with Crippen LogP contribution in [0.4, 0.5) is 0 Å². The maximum absolute atomic E-state index is 12.3. The molecule has 1 rings (SSSR count). The fourth-order valence-electron chi connectivity index (χ4n) is 2.11. The molecule has 2 amide bonds. The standard InChI is InChI=1S/C19H28N2O5S/c1-3-4-7-10-20-17(22)13-26-19(24)15-8-5-6-9-16(15)27-14-18(23)21-11-12-25-2/h5-6,8-9H,3-4,7,10-14H2,1-2H3,(H,20,22)(H,21,23). The molecule has 0 saturated carbocycles. The minimum atomic E-state index is -0.582. The lowest BCUT2D eigenvalue weighted by Gasteiger charge is -2.10. The number of benzene rings is 1. The van der Waals surface area contributed by atoms with Crippen LogP contribution in [-0.2, 0) is 19.1 Å². The van der Waals surface area contributed by atoms with Crippen LogP contribution in [0.3, 0.4) is 0 Å². The van der Waals surface area contributed by atoms with E-state index in [1.54, 1.807) is 31.4 Å². The molecule has 0 aliphatic heterocycles. The molecule has 0 atom stereocenters. The third-order valence-electron chi connectivity index (χ3n) is 3.53. The van der Waals surface area contributed by atoms with Gasteiger partial charge in [-0.2, -0.15) is 0 Å². The smallest absolute Gasteiger partial charge is 0.339 e. The molecule has 2 N–H and O–H groups in total. The van der Waals surface area contributed by atoms with Crippen molar-refractivity contribution in [1.82, 2.24) is 10.6 Å². The van der Waals surface area contributed by atoms with Gasteiger partial charge in [0, 0.05) is 25.1 Å². The molecule has 27 heavy (non-hydrogen) atoms. The van der Waals surface area contributed by atoms with Crippen molar-refractivity contribution in [2.24, 2.45) is 0 Å². The van der Waals surface area contributed by atoms with E-state index in [2.05, 4.69) is 17.6 Å². The Morgan fingerprint density at radius 1 is 1.04 bits per heavy atom. The second kappa shape index (κ2) is 14.1. The molecule has 0 aliphatic rings. The van der Waals surface area contributed by atoms with Crippen molar-refractivity contribution in [2.45, 2.75) is 31.1 Å². The van der Waals surface area contributed by atoms with E-state index in [9.17, 15) is 14.4 Å². The quantitative estimate of drug-likeness (QED) is 0.301. The Labute approximate surface area is 164 Å². The highest BCUT2D eigenvalue weighted by Crippen LogP contribution is 2.23. The lowest BCUT2D eigenvalue weighted by atomic mass is 10.2. The summed E-state index contributed by atoms with van der Waals surface area (Å²) in [7, 11) is 1.56. The Balaban J connectivity index is 2.46. The molecular weight excluding hydrogens is 368 g/mol. The number of carbonyl (C=O) groups is 3. The zero-order chi connectivity index (χ0) is 19.9. The van der Waals surface area contributed by atoms with Crippen molar-refractivity contribution in [3.05, 3.63) is 29.8 Å². The molecule has 1 aromatic carbocycles. The van der Waals surface area contributed by atoms with Crippen LogP contribution in [0.25, 0.3) is 0 Å². The minimum absolute atomic E-state index is 0.147. The molecule has 0 aromatic heterocycles. The fraction of sp³-hybridized carbons (Fsp3) is 0.526. The van der Waals surface area contributed by atoms with Gasteiger partial charge in [-0.1, -0.05) is 31.9 Å². The van der Waals surface area contributed by atoms with Gasteiger partial charge in [-0.05, 0) is 18.6 Å². The van der Waals surface area contributed by atoms with Crippen molar-refractivity contribution in [3.8, 4) is 0 Å². The third-order valence-corrected chi connectivity index (χ3v) is 4.60. The lowest BCUT2D eigenvalue weighted by Crippen LogP contribution is -2.29. The first-order valence-electron chi connectivity index (χ1n) is 8.99. The summed E-state index contributed by atoms with van der Waals surface area (Å²) in [5, 5.41) is 5.44. The zero-order valence-electron chi connectivity index (χ0n) is 15.9. The number of nitrogens with one attached hydrogen (secondary N) is 2. The van der Waals surface area contributed by atoms with E-state index in [0.29, 0.717) is 30.2 Å². The van der Waals surface area contributed by atoms with Crippen molar-refractivity contribution < 1.29 is 23.9 Å². The van der Waals surface area contributed by atoms with E-state index in [1.807, 2.05) is 0 Å². The molecule has 0 unspecified atom stereocenters. The predicted octanol–water partition coefficient (Wildman–Crippen LogP) is 2.00. The molecule has 0 fully saturated rings. The van der Waals surface area contributed by atoms with Crippen LogP contribution in [0.1, 0.15) is 36.5 Å². The summed E-state index contributed by atoms with van der Waals surface area (Å²) < 4.78 is 9.97. The molecule has 0 saturated heterocycles. The normalized spacial score (nSPS) is 10.3. The number of amides is 2. The van der Waals surface area contributed by atoms with Gasteiger partial charge < -0.3 is 20.1 Å². The number of hydrogen-bond donors (Lipinski definition) is 2. The van der Waals surface area contributed by atoms with Crippen LogP contribution in [0, 0.1) is 0 Å². The maximum atomic E-state index is 12.3. The van der Waals surface area contributed by atoms with Gasteiger partial charge in [-0.3, -0.25) is 9.59 Å². The SMILES string of the molecule is CCCCCNC(=O)COC(=O)c1ccccc1SCC(=O)NCCOC. The fourth-order valence-corrected chi connectivity index (χ4v) is 2.98. The third kappa shape index (κ3) is 10.0. The first-order valence-corrected chi connectivity index (χ1v) is 9.98. The average Bonchev–Trinajstić information content (AvgIpc) is 2.68. The van der Waals surface area contributed by atoms with E-state index in [4.69, 9.17) is 9.47 Å². The van der Waals surface area contributed by atoms with Gasteiger partial charge in [0.05, 0.1) is 17.9 Å². The second-order valence-electron chi connectivity index (χ2n) is 5.76. The maximum Gasteiger partial charge on any atom is 0.339 e. The molecule has 7 nitrogen and oxygen atoms in total. The number of unbranched alkanes of at least 4 members (excludes halogenated alkanes) is 2. The minimum Gasteiger partial charge on any atom is -0.452 e. The summed E-state index contributed by atoms with van der Waals surface area (Å²) in [6.45, 7) is 3.23. The number of methoxy groups -OCH3 is 1. The molecule has 0 aliphatic carbocycles. The van der Waals surface area contributed by atoms with Crippen LogP contribution in [-0.4, -0.2) is 56.9 Å². The molecular formula is C19H28N2O5S. The second-order valence-corrected chi connectivity index (χ2v) is 6.78. The van der Waals surface area contributed by atoms with E-state index >= 15 is 0 Å². The number of esters is 1. The molecule has 0 radical (unpaired) electrons. The molecule has 0 bridgehead atoms. The van der Waals surface area contributed by atoms with E-state index < -0.39 is 5.97 Å². The Kier molecular flexibility index (Phi) is 12.0. The monoisotopic (exact) mass is 396 g/mol. The highest BCUT2D eigenvalue weighted by atomic mass is 32.2. The molecule has 0 spiro atoms. The molecule has 150 valence electrons. The van der Waals surface area contributed by atoms with E-state index in [1.165, 1.54) is 11.8 Å². The summed E-state index contributed by atoms with van der Waals surface area (Å²) in [6.07, 6.45) is 3.02. The predicted molar refractivity (Wildman–Crippen MR) is 105 cm³/mol. The Bertz CT molecular complexity index is 610. The van der Waals surface area contributed by atoms with Gasteiger partial charge in [0.2, 0.25) is 5.91 Å². The molecule has 0 heterocycles. The molecule has 1 aromatic rings. The Hall–Kier alpha value is -2.06. The van der Waals surface area contributed by atoms with Crippen LogP contribution < -0.4 is 10.6 Å². The first kappa shape index (κ1) is 23.0. The summed E-state index contributed by atoms with van der Waals surface area (Å²) in [4.78, 5) is 36.4. The summed E-state index contributed by atoms with van der Waals surface area (Å²) >= 11 is 1.24. The van der Waals surface area contributed by atoms with Gasteiger partial charge in [-0.25, -0.2) is 4.79 Å². The Morgan fingerprint density at radius 3 is 2.52 bits per heavy atom. The van der Waals surface area contributed by atoms with E-state index in [0.717, 1.165) is 19.3 Å². The summed E-state index contributed by atoms with van der Waals surface area (Å²) in [5.41, 5.74) is 0.339. The number of carbonyl (C=O) groups excluding carboxylic acids is 3. The van der Waals surface area contributed by atoms with E-state index in [-0.39, 0.29) is 24.2 Å². The van der Waals surface area contributed by atoms with Crippen LogP contribution in [0.2, 0.25) is 0 Å². The van der Waals surface area contributed by atoms with Crippen LogP contribution in [0.5, 0.6) is 0 Å². The van der Waals surface area contributed by atoms with Crippen molar-refractivity contribution in [3.63, 3.8) is 0 Å². The largest absolute Gasteiger partial charge is 0.452 e. The first-order chi connectivity index (χ1) is 13.1. The zero-order valence-corrected chi connectivity index (χ0v) is 16.7. The average molecular weight is 397 g/mol. The van der Waals surface area contributed by atoms with Crippen molar-refractivity contribution >= 4 is 29.5 Å². The number of rotatable bonds is 13. The highest BCUT2D eigenvalue weighted by Gasteiger charge is 2.15. The van der Waals surface area contributed by atoms with Crippen LogP contribution in [0.15, 0.2) is 29.2 Å². The summed E-state index contributed by atoms with van der Waals surface area (Å²) in [6, 6.07) is 6.85. The van der Waals surface area contributed by atoms with Gasteiger partial charge in [0.1, 0.15) is 0 Å². The molecule has 8 heteroatoms.